The molecule has 0 aromatic heterocycles. The van der Waals surface area contributed by atoms with Crippen molar-refractivity contribution in [2.45, 2.75) is 38.0 Å². The van der Waals surface area contributed by atoms with E-state index in [4.69, 9.17) is 21.2 Å². The summed E-state index contributed by atoms with van der Waals surface area (Å²) >= 11 is 6.33. The zero-order chi connectivity index (χ0) is 27.6. The number of fused-ring (bicyclic) bond motifs is 1. The zero-order valence-corrected chi connectivity index (χ0v) is 22.4. The highest BCUT2D eigenvalue weighted by molar-refractivity contribution is 6.34. The van der Waals surface area contributed by atoms with E-state index in [0.29, 0.717) is 31.1 Å². The number of amides is 1. The van der Waals surface area contributed by atoms with Gasteiger partial charge in [0, 0.05) is 24.7 Å². The number of likely N-dealkylation sites (tertiary alicyclic amines) is 1. The number of phenolic OH excluding ortho intramolecular Hbond substituents is 2. The van der Waals surface area contributed by atoms with Crippen LogP contribution in [0, 0.1) is 0 Å². The smallest absolute Gasteiger partial charge is 0.342 e. The monoisotopic (exact) mass is 552 g/mol. The summed E-state index contributed by atoms with van der Waals surface area (Å²) in [4.78, 5) is 32.9. The Morgan fingerprint density at radius 3 is 2.54 bits per heavy atom. The summed E-state index contributed by atoms with van der Waals surface area (Å²) in [5, 5.41) is 20.5. The number of rotatable bonds is 5. The normalized spacial score (nSPS) is 18.4. The Kier molecular flexibility index (Phi) is 10.1. The van der Waals surface area contributed by atoms with Crippen LogP contribution in [-0.2, 0) is 14.4 Å². The first kappa shape index (κ1) is 28.3. The number of hydroxylamine groups is 1. The predicted molar refractivity (Wildman–Crippen MR) is 149 cm³/mol. The van der Waals surface area contributed by atoms with E-state index in [1.54, 1.807) is 11.0 Å². The number of nitrogens with zero attached hydrogens (tertiary/aromatic N) is 1. The van der Waals surface area contributed by atoms with Crippen LogP contribution in [-0.4, -0.2) is 53.3 Å². The van der Waals surface area contributed by atoms with E-state index >= 15 is 0 Å². The van der Waals surface area contributed by atoms with Gasteiger partial charge in [-0.05, 0) is 55.7 Å². The van der Waals surface area contributed by atoms with Crippen molar-refractivity contribution >= 4 is 29.6 Å². The number of benzene rings is 2. The van der Waals surface area contributed by atoms with Gasteiger partial charge in [-0.1, -0.05) is 60.2 Å². The molecule has 2 aromatic carbocycles. The summed E-state index contributed by atoms with van der Waals surface area (Å²) in [5.41, 5.74) is 4.32. The molecule has 0 unspecified atom stereocenters. The molecule has 206 valence electrons. The molecule has 2 aliphatic heterocycles. The van der Waals surface area contributed by atoms with Crippen molar-refractivity contribution in [3.8, 4) is 11.5 Å². The standard InChI is InChI=1S/C30H33ClN2O6/c31-29-24-18-23(12-8-3-1-2-4-9-17-38-30(37)28(24)25(34)19-26(29)35)32-39-20-27(36)33-15-13-22(14-16-33)21-10-6-5-7-11-21/h2,4-8,10-12,18-19,22,32,34-35H,1,3,9,13-17,20H2/b4-2?,12-8?,23-18-. The average Bonchev–Trinajstić information content (AvgIpc) is 2.94. The van der Waals surface area contributed by atoms with Gasteiger partial charge in [-0.2, -0.15) is 0 Å². The molecule has 1 saturated heterocycles. The molecule has 1 amide bonds. The molecule has 8 nitrogen and oxygen atoms in total. The van der Waals surface area contributed by atoms with Crippen LogP contribution in [0.2, 0.25) is 5.02 Å². The van der Waals surface area contributed by atoms with Crippen LogP contribution in [0.4, 0.5) is 0 Å². The van der Waals surface area contributed by atoms with Gasteiger partial charge in [0.2, 0.25) is 0 Å². The van der Waals surface area contributed by atoms with E-state index in [9.17, 15) is 19.8 Å². The van der Waals surface area contributed by atoms with E-state index in [1.165, 1.54) is 11.6 Å². The summed E-state index contributed by atoms with van der Waals surface area (Å²) in [7, 11) is 0. The fourth-order valence-electron chi connectivity index (χ4n) is 4.66. The molecule has 2 aromatic rings. The highest BCUT2D eigenvalue weighted by atomic mass is 35.5. The highest BCUT2D eigenvalue weighted by Crippen LogP contribution is 2.38. The van der Waals surface area contributed by atoms with E-state index in [0.717, 1.165) is 31.7 Å². The molecule has 0 saturated carbocycles. The Morgan fingerprint density at radius 2 is 1.77 bits per heavy atom. The van der Waals surface area contributed by atoms with Crippen molar-refractivity contribution < 1.29 is 29.4 Å². The molecular formula is C30H33ClN2O6. The van der Waals surface area contributed by atoms with Crippen molar-refractivity contribution in [2.75, 3.05) is 26.3 Å². The lowest BCUT2D eigenvalue weighted by Gasteiger charge is -2.32. The molecule has 2 heterocycles. The fourth-order valence-corrected chi connectivity index (χ4v) is 4.86. The van der Waals surface area contributed by atoms with Crippen LogP contribution >= 0.6 is 11.6 Å². The number of piperidine rings is 1. The molecule has 39 heavy (non-hydrogen) atoms. The van der Waals surface area contributed by atoms with E-state index < -0.39 is 11.7 Å². The third kappa shape index (κ3) is 7.65. The predicted octanol–water partition coefficient (Wildman–Crippen LogP) is 5.47. The van der Waals surface area contributed by atoms with Crippen molar-refractivity contribution in [3.05, 3.63) is 88.1 Å². The van der Waals surface area contributed by atoms with Crippen LogP contribution in [0.5, 0.6) is 11.5 Å². The third-order valence-electron chi connectivity index (χ3n) is 6.75. The molecule has 4 rings (SSSR count). The maximum atomic E-state index is 12.8. The van der Waals surface area contributed by atoms with E-state index in [1.807, 2.05) is 36.4 Å². The first-order valence-corrected chi connectivity index (χ1v) is 13.5. The van der Waals surface area contributed by atoms with Gasteiger partial charge in [-0.15, -0.1) is 0 Å². The number of carbonyl (C=O) groups excluding carboxylic acids is 2. The number of hydrogen-bond acceptors (Lipinski definition) is 7. The van der Waals surface area contributed by atoms with E-state index in [2.05, 4.69) is 17.6 Å². The quantitative estimate of drug-likeness (QED) is 0.256. The van der Waals surface area contributed by atoms with Crippen molar-refractivity contribution in [3.63, 3.8) is 0 Å². The number of halogens is 1. The highest BCUT2D eigenvalue weighted by Gasteiger charge is 2.25. The Labute approximate surface area is 233 Å². The van der Waals surface area contributed by atoms with Gasteiger partial charge in [-0.25, -0.2) is 4.79 Å². The molecule has 0 radical (unpaired) electrons. The molecule has 3 N–H and O–H groups in total. The number of aromatic hydroxyl groups is 2. The summed E-state index contributed by atoms with van der Waals surface area (Å²) in [6, 6.07) is 11.3. The average molecular weight is 553 g/mol. The van der Waals surface area contributed by atoms with Crippen molar-refractivity contribution in [1.29, 1.82) is 0 Å². The van der Waals surface area contributed by atoms with Crippen LogP contribution in [0.25, 0.3) is 6.08 Å². The number of esters is 1. The zero-order valence-electron chi connectivity index (χ0n) is 21.6. The summed E-state index contributed by atoms with van der Waals surface area (Å²) < 4.78 is 5.30. The Balaban J connectivity index is 1.45. The fraction of sp³-hybridized carbons (Fsp3) is 0.333. The molecule has 0 atom stereocenters. The van der Waals surface area contributed by atoms with Crippen LogP contribution in [0.15, 0.2) is 66.4 Å². The first-order chi connectivity index (χ1) is 18.9. The van der Waals surface area contributed by atoms with Gasteiger partial charge < -0.3 is 19.8 Å². The second kappa shape index (κ2) is 13.9. The van der Waals surface area contributed by atoms with Gasteiger partial charge >= 0.3 is 5.97 Å². The lowest BCUT2D eigenvalue weighted by atomic mass is 9.89. The number of allylic oxidation sites excluding steroid dienone is 3. The van der Waals surface area contributed by atoms with E-state index in [-0.39, 0.29) is 41.0 Å². The summed E-state index contributed by atoms with van der Waals surface area (Å²) in [5.74, 6) is -1.33. The Morgan fingerprint density at radius 1 is 1.05 bits per heavy atom. The topological polar surface area (TPSA) is 108 Å². The molecular weight excluding hydrogens is 520 g/mol. The minimum absolute atomic E-state index is 0.0665. The minimum atomic E-state index is -0.774. The molecule has 0 bridgehead atoms. The molecule has 0 spiro atoms. The molecule has 2 aliphatic rings. The van der Waals surface area contributed by atoms with Crippen LogP contribution < -0.4 is 5.48 Å². The lowest BCUT2D eigenvalue weighted by Crippen LogP contribution is -2.40. The molecule has 1 fully saturated rings. The van der Waals surface area contributed by atoms with Gasteiger partial charge in [0.15, 0.2) is 6.61 Å². The Bertz CT molecular complexity index is 1250. The number of phenols is 2. The number of nitrogens with one attached hydrogen (secondary N) is 1. The maximum Gasteiger partial charge on any atom is 0.342 e. The van der Waals surface area contributed by atoms with Crippen molar-refractivity contribution in [2.24, 2.45) is 0 Å². The molecule has 0 aliphatic carbocycles. The van der Waals surface area contributed by atoms with Crippen molar-refractivity contribution in [1.82, 2.24) is 10.4 Å². The largest absolute Gasteiger partial charge is 0.507 e. The number of carbonyl (C=O) groups is 2. The number of hydrogen-bond donors (Lipinski definition) is 3. The van der Waals surface area contributed by atoms with Gasteiger partial charge in [0.05, 0.1) is 17.3 Å². The SMILES string of the molecule is O=C1OCCC=CCCC=C/C(NOCC(=O)N2CCC(c3ccccc3)CC2)=C/c2c(Cl)c(O)cc(O)c21. The molecule has 9 heteroatoms. The van der Waals surface area contributed by atoms with Crippen LogP contribution in [0.1, 0.15) is 59.5 Å². The maximum absolute atomic E-state index is 12.8. The number of cyclic esters (lactones) is 1. The third-order valence-corrected chi connectivity index (χ3v) is 7.15. The van der Waals surface area contributed by atoms with Crippen LogP contribution in [0.3, 0.4) is 0 Å². The van der Waals surface area contributed by atoms with Gasteiger partial charge in [0.1, 0.15) is 17.1 Å². The Hall–Kier alpha value is -3.75. The lowest BCUT2D eigenvalue weighted by molar-refractivity contribution is -0.139. The number of ether oxygens (including phenoxy) is 1. The van der Waals surface area contributed by atoms with Gasteiger partial charge in [-0.3, -0.25) is 15.1 Å². The van der Waals surface area contributed by atoms with Gasteiger partial charge in [0.25, 0.3) is 5.91 Å². The second-order valence-electron chi connectivity index (χ2n) is 9.45. The first-order valence-electron chi connectivity index (χ1n) is 13.1. The second-order valence-corrected chi connectivity index (χ2v) is 9.83. The summed E-state index contributed by atoms with van der Waals surface area (Å²) in [6.07, 6.45) is 12.9. The summed E-state index contributed by atoms with van der Waals surface area (Å²) in [6.45, 7) is 1.24. The minimum Gasteiger partial charge on any atom is -0.507 e.